The van der Waals surface area contributed by atoms with Crippen molar-refractivity contribution in [2.75, 3.05) is 6.61 Å². The Morgan fingerprint density at radius 3 is 2.60 bits per heavy atom. The van der Waals surface area contributed by atoms with Crippen LogP contribution in [0.3, 0.4) is 0 Å². The third kappa shape index (κ3) is 5.54. The molecule has 1 aromatic carbocycles. The van der Waals surface area contributed by atoms with Crippen LogP contribution in [-0.4, -0.2) is 12.4 Å². The Bertz CT molecular complexity index is 311. The van der Waals surface area contributed by atoms with Gasteiger partial charge < -0.3 is 10.5 Å². The summed E-state index contributed by atoms with van der Waals surface area (Å²) >= 11 is 3.38. The molecule has 4 heteroatoms. The van der Waals surface area contributed by atoms with E-state index in [0.717, 1.165) is 16.5 Å². The van der Waals surface area contributed by atoms with Crippen molar-refractivity contribution >= 4 is 21.8 Å². The van der Waals surface area contributed by atoms with Crippen LogP contribution in [0.25, 0.3) is 0 Å². The lowest BCUT2D eigenvalue weighted by Gasteiger charge is -2.04. The molecule has 0 aliphatic heterocycles. The van der Waals surface area contributed by atoms with Crippen molar-refractivity contribution in [3.05, 3.63) is 34.3 Å². The number of nitrogens with two attached hydrogens (primary N) is 1. The molecule has 0 saturated heterocycles. The quantitative estimate of drug-likeness (QED) is 0.474. The second kappa shape index (κ2) is 6.58. The van der Waals surface area contributed by atoms with Crippen LogP contribution in [0.5, 0.6) is 0 Å². The van der Waals surface area contributed by atoms with Crippen LogP contribution >= 0.6 is 15.9 Å². The molecule has 3 nitrogen and oxygen atoms in total. The van der Waals surface area contributed by atoms with Crippen LogP contribution in [0.1, 0.15) is 18.4 Å². The maximum absolute atomic E-state index is 7.03. The fourth-order valence-electron chi connectivity index (χ4n) is 1.14. The van der Waals surface area contributed by atoms with Gasteiger partial charge in [-0.15, -0.1) is 0 Å². The summed E-state index contributed by atoms with van der Waals surface area (Å²) < 4.78 is 6.51. The number of rotatable bonds is 6. The predicted molar refractivity (Wildman–Crippen MR) is 64.9 cm³/mol. The molecule has 0 atom stereocenters. The highest BCUT2D eigenvalue weighted by atomic mass is 79.9. The lowest BCUT2D eigenvalue weighted by molar-refractivity contribution is 0.119. The van der Waals surface area contributed by atoms with Crippen molar-refractivity contribution < 1.29 is 4.74 Å². The van der Waals surface area contributed by atoms with Gasteiger partial charge in [0, 0.05) is 17.5 Å². The van der Waals surface area contributed by atoms with Crippen LogP contribution in [0.2, 0.25) is 0 Å². The summed E-state index contributed by atoms with van der Waals surface area (Å²) in [6, 6.07) is 8.03. The molecule has 82 valence electrons. The van der Waals surface area contributed by atoms with E-state index in [-0.39, 0.29) is 5.84 Å². The molecule has 0 saturated carbocycles. The van der Waals surface area contributed by atoms with Crippen LogP contribution < -0.4 is 5.73 Å². The van der Waals surface area contributed by atoms with Gasteiger partial charge in [0.1, 0.15) is 0 Å². The van der Waals surface area contributed by atoms with Gasteiger partial charge in [0.15, 0.2) is 0 Å². The topological polar surface area (TPSA) is 59.1 Å². The number of hydrogen-bond acceptors (Lipinski definition) is 2. The summed E-state index contributed by atoms with van der Waals surface area (Å²) in [4.78, 5) is 0. The van der Waals surface area contributed by atoms with Crippen LogP contribution in [-0.2, 0) is 11.3 Å². The number of nitrogens with one attached hydrogen (secondary N) is 1. The number of benzene rings is 1. The second-order valence-electron chi connectivity index (χ2n) is 3.31. The zero-order chi connectivity index (χ0) is 11.1. The maximum Gasteiger partial charge on any atom is 0.0906 e. The van der Waals surface area contributed by atoms with Gasteiger partial charge in [-0.1, -0.05) is 28.1 Å². The summed E-state index contributed by atoms with van der Waals surface area (Å²) in [5, 5.41) is 7.03. The third-order valence-corrected chi connectivity index (χ3v) is 2.45. The molecule has 0 bridgehead atoms. The highest BCUT2D eigenvalue weighted by molar-refractivity contribution is 9.10. The van der Waals surface area contributed by atoms with E-state index >= 15 is 0 Å². The number of ether oxygens (including phenoxy) is 1. The predicted octanol–water partition coefficient (Wildman–Crippen LogP) is 2.68. The van der Waals surface area contributed by atoms with Gasteiger partial charge in [0.2, 0.25) is 0 Å². The molecule has 0 aliphatic rings. The molecule has 1 aromatic rings. The Morgan fingerprint density at radius 2 is 2.00 bits per heavy atom. The first-order valence-corrected chi connectivity index (χ1v) is 5.63. The highest BCUT2D eigenvalue weighted by Crippen LogP contribution is 2.11. The highest BCUT2D eigenvalue weighted by Gasteiger charge is 1.94. The molecule has 0 aromatic heterocycles. The van der Waals surface area contributed by atoms with E-state index in [1.54, 1.807) is 0 Å². The fraction of sp³-hybridized carbons (Fsp3) is 0.364. The Balaban J connectivity index is 2.15. The first-order valence-electron chi connectivity index (χ1n) is 4.83. The smallest absolute Gasteiger partial charge is 0.0906 e. The molecule has 0 unspecified atom stereocenters. The summed E-state index contributed by atoms with van der Waals surface area (Å²) in [5.74, 6) is 0.224. The molecular weight excluding hydrogens is 256 g/mol. The summed E-state index contributed by atoms with van der Waals surface area (Å²) in [7, 11) is 0. The fourth-order valence-corrected chi connectivity index (χ4v) is 1.40. The molecule has 0 radical (unpaired) electrons. The standard InChI is InChI=1S/C11H15BrN2O/c12-10-5-3-9(4-6-10)8-15-7-1-2-11(13)14/h3-6H,1-2,7-8H2,(H3,13,14). The molecule has 0 heterocycles. The number of amidine groups is 1. The molecular formula is C11H15BrN2O. The Labute approximate surface area is 98.3 Å². The summed E-state index contributed by atoms with van der Waals surface area (Å²) in [6.45, 7) is 1.26. The zero-order valence-corrected chi connectivity index (χ0v) is 10.1. The van der Waals surface area contributed by atoms with E-state index in [0.29, 0.717) is 19.6 Å². The maximum atomic E-state index is 7.03. The SMILES string of the molecule is N=C(N)CCCOCc1ccc(Br)cc1. The Hall–Kier alpha value is -0.870. The van der Waals surface area contributed by atoms with Gasteiger partial charge in [0.25, 0.3) is 0 Å². The van der Waals surface area contributed by atoms with Crippen molar-refractivity contribution in [2.24, 2.45) is 5.73 Å². The van der Waals surface area contributed by atoms with Crippen LogP contribution in [0.4, 0.5) is 0 Å². The average Bonchev–Trinajstić information content (AvgIpc) is 2.20. The van der Waals surface area contributed by atoms with Gasteiger partial charge in [-0.25, -0.2) is 0 Å². The second-order valence-corrected chi connectivity index (χ2v) is 4.22. The monoisotopic (exact) mass is 270 g/mol. The van der Waals surface area contributed by atoms with Crippen molar-refractivity contribution in [1.29, 1.82) is 5.41 Å². The first kappa shape index (κ1) is 12.2. The van der Waals surface area contributed by atoms with E-state index in [4.69, 9.17) is 15.9 Å². The van der Waals surface area contributed by atoms with Crippen molar-refractivity contribution in [1.82, 2.24) is 0 Å². The lowest BCUT2D eigenvalue weighted by Crippen LogP contribution is -2.10. The van der Waals surface area contributed by atoms with Gasteiger partial charge in [-0.2, -0.15) is 0 Å². The number of halogens is 1. The normalized spacial score (nSPS) is 10.2. The van der Waals surface area contributed by atoms with E-state index in [2.05, 4.69) is 15.9 Å². The van der Waals surface area contributed by atoms with Crippen molar-refractivity contribution in [3.63, 3.8) is 0 Å². The Kier molecular flexibility index (Phi) is 5.36. The van der Waals surface area contributed by atoms with E-state index in [1.165, 1.54) is 0 Å². The Morgan fingerprint density at radius 1 is 1.33 bits per heavy atom. The van der Waals surface area contributed by atoms with Gasteiger partial charge in [-0.3, -0.25) is 5.41 Å². The molecule has 0 fully saturated rings. The van der Waals surface area contributed by atoms with Crippen molar-refractivity contribution in [2.45, 2.75) is 19.4 Å². The van der Waals surface area contributed by atoms with E-state index in [1.807, 2.05) is 24.3 Å². The third-order valence-electron chi connectivity index (χ3n) is 1.92. The molecule has 15 heavy (non-hydrogen) atoms. The average molecular weight is 271 g/mol. The molecule has 0 aliphatic carbocycles. The van der Waals surface area contributed by atoms with E-state index < -0.39 is 0 Å². The zero-order valence-electron chi connectivity index (χ0n) is 8.50. The van der Waals surface area contributed by atoms with Crippen LogP contribution in [0.15, 0.2) is 28.7 Å². The van der Waals surface area contributed by atoms with Crippen LogP contribution in [0, 0.1) is 5.41 Å². The van der Waals surface area contributed by atoms with Gasteiger partial charge >= 0.3 is 0 Å². The summed E-state index contributed by atoms with van der Waals surface area (Å²) in [6.07, 6.45) is 1.42. The first-order chi connectivity index (χ1) is 7.18. The minimum atomic E-state index is 0.224. The largest absolute Gasteiger partial charge is 0.388 e. The van der Waals surface area contributed by atoms with Gasteiger partial charge in [0.05, 0.1) is 12.4 Å². The lowest BCUT2D eigenvalue weighted by atomic mass is 10.2. The molecule has 0 spiro atoms. The molecule has 3 N–H and O–H groups in total. The minimum Gasteiger partial charge on any atom is -0.388 e. The summed E-state index contributed by atoms with van der Waals surface area (Å²) in [5.41, 5.74) is 6.38. The van der Waals surface area contributed by atoms with E-state index in [9.17, 15) is 0 Å². The van der Waals surface area contributed by atoms with Gasteiger partial charge in [-0.05, 0) is 24.1 Å². The van der Waals surface area contributed by atoms with Crippen molar-refractivity contribution in [3.8, 4) is 0 Å². The number of hydrogen-bond donors (Lipinski definition) is 2. The minimum absolute atomic E-state index is 0.224. The molecule has 0 amide bonds. The molecule has 1 rings (SSSR count).